The zero-order valence-corrected chi connectivity index (χ0v) is 16.6. The van der Waals surface area contributed by atoms with E-state index in [1.165, 1.54) is 0 Å². The van der Waals surface area contributed by atoms with Gasteiger partial charge in [-0.1, -0.05) is 42.8 Å². The molecule has 0 aromatic heterocycles. The minimum atomic E-state index is -0.538. The summed E-state index contributed by atoms with van der Waals surface area (Å²) in [5, 5.41) is 3.24. The lowest BCUT2D eigenvalue weighted by Gasteiger charge is -2.30. The van der Waals surface area contributed by atoms with Crippen LogP contribution in [0, 0.1) is 0 Å². The summed E-state index contributed by atoms with van der Waals surface area (Å²) in [5.41, 5.74) is 1.75. The lowest BCUT2D eigenvalue weighted by molar-refractivity contribution is -0.140. The second-order valence-electron chi connectivity index (χ2n) is 6.21. The normalized spacial score (nSPS) is 11.6. The molecule has 0 saturated carbocycles. The maximum Gasteiger partial charge on any atom is 0.242 e. The van der Waals surface area contributed by atoms with Gasteiger partial charge in [0.05, 0.1) is 13.5 Å². The number of carbonyl (C=O) groups excluding carboxylic acids is 2. The number of nitrogens with one attached hydrogen (secondary N) is 1. The summed E-state index contributed by atoms with van der Waals surface area (Å²) >= 11 is 6.03. The number of likely N-dealkylation sites (N-methyl/N-ethyl adjacent to an activating group) is 1. The summed E-state index contributed by atoms with van der Waals surface area (Å²) < 4.78 is 5.18. The fourth-order valence-electron chi connectivity index (χ4n) is 2.94. The van der Waals surface area contributed by atoms with E-state index in [1.807, 2.05) is 43.3 Å². The average molecular weight is 389 g/mol. The predicted octanol–water partition coefficient (Wildman–Crippen LogP) is 3.44. The molecule has 27 heavy (non-hydrogen) atoms. The maximum absolute atomic E-state index is 13.1. The predicted molar refractivity (Wildman–Crippen MR) is 107 cm³/mol. The van der Waals surface area contributed by atoms with Crippen molar-refractivity contribution in [1.29, 1.82) is 0 Å². The summed E-state index contributed by atoms with van der Waals surface area (Å²) in [5.74, 6) is 0.447. The zero-order chi connectivity index (χ0) is 19.8. The number of ether oxygens (including phenoxy) is 1. The van der Waals surface area contributed by atoms with E-state index in [2.05, 4.69) is 5.32 Å². The van der Waals surface area contributed by atoms with E-state index in [-0.39, 0.29) is 18.2 Å². The first-order chi connectivity index (χ1) is 13.0. The van der Waals surface area contributed by atoms with Crippen molar-refractivity contribution in [3.05, 3.63) is 64.7 Å². The van der Waals surface area contributed by atoms with Gasteiger partial charge in [-0.15, -0.1) is 0 Å². The van der Waals surface area contributed by atoms with Crippen LogP contribution in [0.2, 0.25) is 5.02 Å². The van der Waals surface area contributed by atoms with E-state index in [9.17, 15) is 9.59 Å². The summed E-state index contributed by atoms with van der Waals surface area (Å²) in [6.07, 6.45) is 0.710. The first-order valence-electron chi connectivity index (χ1n) is 8.87. The molecule has 1 atom stereocenters. The van der Waals surface area contributed by atoms with Crippen molar-refractivity contribution in [3.63, 3.8) is 0 Å². The van der Waals surface area contributed by atoms with E-state index < -0.39 is 6.04 Å². The highest BCUT2D eigenvalue weighted by molar-refractivity contribution is 6.30. The van der Waals surface area contributed by atoms with Crippen LogP contribution in [0.25, 0.3) is 0 Å². The molecule has 0 fully saturated rings. The minimum Gasteiger partial charge on any atom is -0.497 e. The fraction of sp³-hybridized carbons (Fsp3) is 0.333. The number of amides is 2. The van der Waals surface area contributed by atoms with Crippen LogP contribution < -0.4 is 10.1 Å². The summed E-state index contributed by atoms with van der Waals surface area (Å²) in [7, 11) is 3.19. The van der Waals surface area contributed by atoms with E-state index in [0.717, 1.165) is 16.9 Å². The van der Waals surface area contributed by atoms with Crippen LogP contribution in [0.1, 0.15) is 24.5 Å². The van der Waals surface area contributed by atoms with Crippen molar-refractivity contribution in [2.45, 2.75) is 32.4 Å². The lowest BCUT2D eigenvalue weighted by Crippen LogP contribution is -2.48. The van der Waals surface area contributed by atoms with Gasteiger partial charge in [-0.25, -0.2) is 0 Å². The molecule has 2 amide bonds. The molecule has 0 aliphatic carbocycles. The highest BCUT2D eigenvalue weighted by atomic mass is 35.5. The third-order valence-corrected chi connectivity index (χ3v) is 4.62. The minimum absolute atomic E-state index is 0.122. The quantitative estimate of drug-likeness (QED) is 0.753. The fourth-order valence-corrected chi connectivity index (χ4v) is 3.15. The van der Waals surface area contributed by atoms with Crippen molar-refractivity contribution in [2.24, 2.45) is 0 Å². The molecule has 0 bridgehead atoms. The molecule has 6 heteroatoms. The Balaban J connectivity index is 2.26. The maximum atomic E-state index is 13.1. The van der Waals surface area contributed by atoms with Crippen LogP contribution >= 0.6 is 11.6 Å². The summed E-state index contributed by atoms with van der Waals surface area (Å²) in [6.45, 7) is 2.24. The van der Waals surface area contributed by atoms with Crippen molar-refractivity contribution in [1.82, 2.24) is 10.2 Å². The summed E-state index contributed by atoms with van der Waals surface area (Å²) in [6, 6.07) is 14.2. The average Bonchev–Trinajstić information content (AvgIpc) is 2.68. The number of hydrogen-bond donors (Lipinski definition) is 1. The third-order valence-electron chi connectivity index (χ3n) is 4.39. The van der Waals surface area contributed by atoms with Crippen LogP contribution in [0.4, 0.5) is 0 Å². The van der Waals surface area contributed by atoms with Crippen molar-refractivity contribution >= 4 is 23.4 Å². The molecule has 0 unspecified atom stereocenters. The number of carbonyl (C=O) groups is 2. The summed E-state index contributed by atoms with van der Waals surface area (Å²) in [4.78, 5) is 27.0. The first-order valence-corrected chi connectivity index (χ1v) is 9.24. The van der Waals surface area contributed by atoms with Gasteiger partial charge in [0.15, 0.2) is 0 Å². The highest BCUT2D eigenvalue weighted by Gasteiger charge is 2.28. The molecule has 0 heterocycles. The van der Waals surface area contributed by atoms with Crippen LogP contribution in [0.5, 0.6) is 5.75 Å². The molecule has 0 spiro atoms. The van der Waals surface area contributed by atoms with Crippen molar-refractivity contribution < 1.29 is 14.3 Å². The van der Waals surface area contributed by atoms with Gasteiger partial charge in [0, 0.05) is 18.6 Å². The third kappa shape index (κ3) is 5.73. The van der Waals surface area contributed by atoms with Gasteiger partial charge < -0.3 is 15.0 Å². The molecule has 0 aliphatic heterocycles. The Morgan fingerprint density at radius 2 is 1.85 bits per heavy atom. The van der Waals surface area contributed by atoms with Gasteiger partial charge in [0.25, 0.3) is 0 Å². The lowest BCUT2D eigenvalue weighted by atomic mass is 10.1. The van der Waals surface area contributed by atoms with Crippen LogP contribution in [0.15, 0.2) is 48.5 Å². The molecule has 0 radical (unpaired) electrons. The van der Waals surface area contributed by atoms with E-state index in [0.29, 0.717) is 18.0 Å². The Bertz CT molecular complexity index is 777. The largest absolute Gasteiger partial charge is 0.497 e. The Hall–Kier alpha value is -2.53. The van der Waals surface area contributed by atoms with Crippen LogP contribution in [0.3, 0.4) is 0 Å². The topological polar surface area (TPSA) is 58.6 Å². The number of methoxy groups -OCH3 is 1. The highest BCUT2D eigenvalue weighted by Crippen LogP contribution is 2.18. The number of benzene rings is 2. The van der Waals surface area contributed by atoms with E-state index in [1.54, 1.807) is 31.2 Å². The van der Waals surface area contributed by atoms with Gasteiger partial charge >= 0.3 is 0 Å². The Kier molecular flexibility index (Phi) is 7.67. The Labute approximate surface area is 165 Å². The molecule has 0 aliphatic rings. The molecule has 2 aromatic carbocycles. The molecule has 2 rings (SSSR count). The van der Waals surface area contributed by atoms with Gasteiger partial charge in [0.1, 0.15) is 11.8 Å². The zero-order valence-electron chi connectivity index (χ0n) is 15.9. The molecular formula is C21H25ClN2O3. The molecule has 5 nitrogen and oxygen atoms in total. The van der Waals surface area contributed by atoms with Crippen LogP contribution in [-0.4, -0.2) is 36.9 Å². The number of halogens is 1. The number of hydrogen-bond acceptors (Lipinski definition) is 3. The first kappa shape index (κ1) is 20.8. The van der Waals surface area contributed by atoms with Crippen molar-refractivity contribution in [3.8, 4) is 5.75 Å². The SMILES string of the molecule is CC[C@H](C(=O)NC)N(Cc1ccc(OC)cc1)C(=O)Cc1cccc(Cl)c1. The van der Waals surface area contributed by atoms with Gasteiger partial charge in [-0.3, -0.25) is 9.59 Å². The van der Waals surface area contributed by atoms with E-state index in [4.69, 9.17) is 16.3 Å². The smallest absolute Gasteiger partial charge is 0.242 e. The van der Waals surface area contributed by atoms with E-state index >= 15 is 0 Å². The number of nitrogens with zero attached hydrogens (tertiary/aromatic N) is 1. The molecule has 0 saturated heterocycles. The monoisotopic (exact) mass is 388 g/mol. The molecule has 2 aromatic rings. The second-order valence-corrected chi connectivity index (χ2v) is 6.65. The van der Waals surface area contributed by atoms with Crippen LogP contribution in [-0.2, 0) is 22.6 Å². The molecule has 1 N–H and O–H groups in total. The number of rotatable bonds is 8. The Morgan fingerprint density at radius 3 is 2.41 bits per heavy atom. The molecular weight excluding hydrogens is 364 g/mol. The molecule has 144 valence electrons. The van der Waals surface area contributed by atoms with Gasteiger partial charge in [-0.05, 0) is 41.8 Å². The van der Waals surface area contributed by atoms with Crippen molar-refractivity contribution in [2.75, 3.05) is 14.2 Å². The standard InChI is InChI=1S/C21H25ClN2O3/c1-4-19(21(26)23-2)24(14-15-8-10-18(27-3)11-9-15)20(25)13-16-6-5-7-17(22)12-16/h5-12,19H,4,13-14H2,1-3H3,(H,23,26)/t19-/m1/s1. The van der Waals surface area contributed by atoms with Gasteiger partial charge in [-0.2, -0.15) is 0 Å². The Morgan fingerprint density at radius 1 is 1.15 bits per heavy atom. The van der Waals surface area contributed by atoms with Gasteiger partial charge in [0.2, 0.25) is 11.8 Å². The second kappa shape index (κ2) is 9.97.